The second-order valence-corrected chi connectivity index (χ2v) is 8.40. The van der Waals surface area contributed by atoms with Crippen molar-refractivity contribution in [3.63, 3.8) is 0 Å². The summed E-state index contributed by atoms with van der Waals surface area (Å²) in [6, 6.07) is 11.2. The number of hydrogen-bond donors (Lipinski definition) is 1. The van der Waals surface area contributed by atoms with Gasteiger partial charge >= 0.3 is 0 Å². The molecule has 1 aliphatic heterocycles. The molecular formula is C18H18F2N2O3S. The van der Waals surface area contributed by atoms with E-state index in [2.05, 4.69) is 5.32 Å². The Morgan fingerprint density at radius 3 is 2.35 bits per heavy atom. The number of benzene rings is 2. The fraction of sp³-hybridized carbons (Fsp3) is 0.278. The first-order valence-electron chi connectivity index (χ1n) is 8.11. The molecule has 1 saturated heterocycles. The number of rotatable bonds is 5. The SMILES string of the molecule is O=C(CNc1cc(F)cc(F)c1)N(c1ccccc1)C1CCS(=O)(=O)C1. The van der Waals surface area contributed by atoms with Gasteiger partial charge in [-0.15, -0.1) is 0 Å². The van der Waals surface area contributed by atoms with Crippen LogP contribution < -0.4 is 10.2 Å². The molecule has 0 aromatic heterocycles. The highest BCUT2D eigenvalue weighted by molar-refractivity contribution is 7.91. The number of carbonyl (C=O) groups excluding carboxylic acids is 1. The summed E-state index contributed by atoms with van der Waals surface area (Å²) in [5, 5.41) is 2.70. The Kier molecular flexibility index (Phi) is 5.22. The molecule has 1 aliphatic rings. The van der Waals surface area contributed by atoms with Crippen molar-refractivity contribution >= 4 is 27.1 Å². The molecule has 3 rings (SSSR count). The number of nitrogens with one attached hydrogen (secondary N) is 1. The van der Waals surface area contributed by atoms with Crippen molar-refractivity contribution in [3.05, 3.63) is 60.2 Å². The molecule has 0 spiro atoms. The number of amides is 1. The van der Waals surface area contributed by atoms with E-state index in [0.717, 1.165) is 18.2 Å². The molecule has 1 unspecified atom stereocenters. The van der Waals surface area contributed by atoms with E-state index in [1.807, 2.05) is 0 Å². The maximum atomic E-state index is 13.3. The highest BCUT2D eigenvalue weighted by Gasteiger charge is 2.35. The summed E-state index contributed by atoms with van der Waals surface area (Å²) in [5.41, 5.74) is 0.731. The van der Waals surface area contributed by atoms with Gasteiger partial charge in [0.25, 0.3) is 0 Å². The van der Waals surface area contributed by atoms with Crippen molar-refractivity contribution in [1.29, 1.82) is 0 Å². The van der Waals surface area contributed by atoms with Crippen LogP contribution in [0.5, 0.6) is 0 Å². The quantitative estimate of drug-likeness (QED) is 0.866. The lowest BCUT2D eigenvalue weighted by atomic mass is 10.1. The molecule has 0 radical (unpaired) electrons. The minimum atomic E-state index is -3.17. The first-order chi connectivity index (χ1) is 12.3. The molecule has 1 amide bonds. The van der Waals surface area contributed by atoms with Gasteiger partial charge in [-0.3, -0.25) is 4.79 Å². The normalized spacial score (nSPS) is 18.5. The molecular weight excluding hydrogens is 362 g/mol. The summed E-state index contributed by atoms with van der Waals surface area (Å²) < 4.78 is 50.2. The zero-order valence-electron chi connectivity index (χ0n) is 13.9. The molecule has 0 aliphatic carbocycles. The Morgan fingerprint density at radius 1 is 1.12 bits per heavy atom. The van der Waals surface area contributed by atoms with Crippen molar-refractivity contribution in [2.75, 3.05) is 28.3 Å². The van der Waals surface area contributed by atoms with Gasteiger partial charge in [-0.25, -0.2) is 17.2 Å². The van der Waals surface area contributed by atoms with Gasteiger partial charge < -0.3 is 10.2 Å². The third-order valence-electron chi connectivity index (χ3n) is 4.18. The summed E-state index contributed by atoms with van der Waals surface area (Å²) in [7, 11) is -3.17. The predicted molar refractivity (Wildman–Crippen MR) is 95.8 cm³/mol. The van der Waals surface area contributed by atoms with E-state index in [9.17, 15) is 22.0 Å². The summed E-state index contributed by atoms with van der Waals surface area (Å²) in [5.74, 6) is -1.93. The Hall–Kier alpha value is -2.48. The Labute approximate surface area is 150 Å². The van der Waals surface area contributed by atoms with Crippen LogP contribution in [0.3, 0.4) is 0 Å². The third kappa shape index (κ3) is 4.37. The predicted octanol–water partition coefficient (Wildman–Crippen LogP) is 2.60. The molecule has 0 bridgehead atoms. The van der Waals surface area contributed by atoms with Gasteiger partial charge in [0, 0.05) is 17.4 Å². The van der Waals surface area contributed by atoms with Crippen LogP contribution in [-0.2, 0) is 14.6 Å². The molecule has 2 aromatic rings. The maximum Gasteiger partial charge on any atom is 0.246 e. The van der Waals surface area contributed by atoms with Crippen LogP contribution in [0.1, 0.15) is 6.42 Å². The summed E-state index contributed by atoms with van der Waals surface area (Å²) in [6.45, 7) is -0.214. The summed E-state index contributed by atoms with van der Waals surface area (Å²) >= 11 is 0. The third-order valence-corrected chi connectivity index (χ3v) is 5.93. The van der Waals surface area contributed by atoms with Crippen molar-refractivity contribution in [2.24, 2.45) is 0 Å². The number of para-hydroxylation sites is 1. The number of sulfone groups is 1. The van der Waals surface area contributed by atoms with Gasteiger partial charge in [-0.1, -0.05) is 18.2 Å². The topological polar surface area (TPSA) is 66.5 Å². The van der Waals surface area contributed by atoms with Crippen molar-refractivity contribution in [3.8, 4) is 0 Å². The van der Waals surface area contributed by atoms with Crippen LogP contribution >= 0.6 is 0 Å². The number of hydrogen-bond acceptors (Lipinski definition) is 4. The molecule has 2 aromatic carbocycles. The second kappa shape index (κ2) is 7.41. The summed E-state index contributed by atoms with van der Waals surface area (Å²) in [4.78, 5) is 14.2. The van der Waals surface area contributed by atoms with Crippen molar-refractivity contribution < 1.29 is 22.0 Å². The standard InChI is InChI=1S/C18H18F2N2O3S/c19-13-8-14(20)10-15(9-13)21-11-18(23)22(16-4-2-1-3-5-16)17-6-7-26(24,25)12-17/h1-5,8-10,17,21H,6-7,11-12H2. The van der Waals surface area contributed by atoms with Crippen LogP contribution in [0.15, 0.2) is 48.5 Å². The maximum absolute atomic E-state index is 13.3. The first-order valence-corrected chi connectivity index (χ1v) is 9.94. The minimum absolute atomic E-state index is 0.0385. The first kappa shape index (κ1) is 18.3. The van der Waals surface area contributed by atoms with Gasteiger partial charge in [0.05, 0.1) is 24.1 Å². The average Bonchev–Trinajstić information content (AvgIpc) is 2.93. The highest BCUT2D eigenvalue weighted by Crippen LogP contribution is 2.24. The Balaban J connectivity index is 1.79. The van der Waals surface area contributed by atoms with Gasteiger partial charge in [0.2, 0.25) is 5.91 Å². The molecule has 1 N–H and O–H groups in total. The largest absolute Gasteiger partial charge is 0.376 e. The monoisotopic (exact) mass is 380 g/mol. The Morgan fingerprint density at radius 2 is 1.77 bits per heavy atom. The molecule has 1 atom stereocenters. The minimum Gasteiger partial charge on any atom is -0.376 e. The number of anilines is 2. The molecule has 1 fully saturated rings. The summed E-state index contributed by atoms with van der Waals surface area (Å²) in [6.07, 6.45) is 0.359. The zero-order chi connectivity index (χ0) is 18.7. The van der Waals surface area contributed by atoms with E-state index < -0.39 is 27.5 Å². The number of nitrogens with zero attached hydrogens (tertiary/aromatic N) is 1. The number of carbonyl (C=O) groups is 1. The van der Waals surface area contributed by atoms with Gasteiger partial charge in [-0.05, 0) is 30.7 Å². The van der Waals surface area contributed by atoms with Crippen LogP contribution in [0.25, 0.3) is 0 Å². The Bertz CT molecular complexity index is 884. The molecule has 138 valence electrons. The molecule has 26 heavy (non-hydrogen) atoms. The molecule has 8 heteroatoms. The van der Waals surface area contributed by atoms with Crippen LogP contribution in [-0.4, -0.2) is 38.4 Å². The lowest BCUT2D eigenvalue weighted by Gasteiger charge is -2.28. The zero-order valence-corrected chi connectivity index (χ0v) is 14.7. The van der Waals surface area contributed by atoms with Crippen LogP contribution in [0.2, 0.25) is 0 Å². The second-order valence-electron chi connectivity index (χ2n) is 6.17. The van der Waals surface area contributed by atoms with Crippen LogP contribution in [0.4, 0.5) is 20.2 Å². The van der Waals surface area contributed by atoms with Crippen molar-refractivity contribution in [2.45, 2.75) is 12.5 Å². The van der Waals surface area contributed by atoms with Gasteiger partial charge in [0.1, 0.15) is 11.6 Å². The van der Waals surface area contributed by atoms with Crippen LogP contribution in [0, 0.1) is 11.6 Å². The lowest BCUT2D eigenvalue weighted by Crippen LogP contribution is -2.44. The fourth-order valence-electron chi connectivity index (χ4n) is 3.04. The van der Waals surface area contributed by atoms with E-state index in [4.69, 9.17) is 0 Å². The highest BCUT2D eigenvalue weighted by atomic mass is 32.2. The number of halogens is 2. The molecule has 5 nitrogen and oxygen atoms in total. The smallest absolute Gasteiger partial charge is 0.246 e. The fourth-order valence-corrected chi connectivity index (χ4v) is 4.74. The molecule has 0 saturated carbocycles. The van der Waals surface area contributed by atoms with Crippen molar-refractivity contribution in [1.82, 2.24) is 0 Å². The van der Waals surface area contributed by atoms with E-state index in [0.29, 0.717) is 12.1 Å². The van der Waals surface area contributed by atoms with Gasteiger partial charge in [0.15, 0.2) is 9.84 Å². The van der Waals surface area contributed by atoms with E-state index in [1.54, 1.807) is 30.3 Å². The van der Waals surface area contributed by atoms with Gasteiger partial charge in [-0.2, -0.15) is 0 Å². The molecule has 1 heterocycles. The lowest BCUT2D eigenvalue weighted by molar-refractivity contribution is -0.117. The van der Waals surface area contributed by atoms with E-state index in [1.165, 1.54) is 4.90 Å². The average molecular weight is 380 g/mol. The van der Waals surface area contributed by atoms with E-state index in [-0.39, 0.29) is 29.6 Å². The van der Waals surface area contributed by atoms with E-state index >= 15 is 0 Å².